The van der Waals surface area contributed by atoms with E-state index < -0.39 is 47.9 Å². The van der Waals surface area contributed by atoms with Crippen LogP contribution in [0.4, 0.5) is 13.2 Å². The third-order valence-electron chi connectivity index (χ3n) is 8.91. The molecule has 2 atom stereocenters. The molecule has 1 aliphatic carbocycles. The van der Waals surface area contributed by atoms with E-state index in [2.05, 4.69) is 26.2 Å². The van der Waals surface area contributed by atoms with E-state index in [1.165, 1.54) is 0 Å². The van der Waals surface area contributed by atoms with Gasteiger partial charge in [-0.15, -0.1) is 5.10 Å². The summed E-state index contributed by atoms with van der Waals surface area (Å²) >= 11 is 0. The van der Waals surface area contributed by atoms with Gasteiger partial charge in [0, 0.05) is 25.5 Å². The molecule has 0 radical (unpaired) electrons. The Hall–Kier alpha value is -5.23. The number of para-hydroxylation sites is 2. The summed E-state index contributed by atoms with van der Waals surface area (Å²) in [5, 5.41) is 25.7. The number of ether oxygens (including phenoxy) is 2. The number of tetrazole rings is 1. The average molecular weight is 702 g/mol. The van der Waals surface area contributed by atoms with Gasteiger partial charge in [-0.25, -0.2) is 4.79 Å². The van der Waals surface area contributed by atoms with E-state index in [4.69, 9.17) is 19.4 Å². The lowest BCUT2D eigenvalue weighted by Gasteiger charge is -2.31. The molecule has 266 valence electrons. The maximum atomic E-state index is 14.0. The van der Waals surface area contributed by atoms with Crippen molar-refractivity contribution in [1.82, 2.24) is 35.7 Å². The molecule has 1 aromatic heterocycles. The molecule has 50 heavy (non-hydrogen) atoms. The highest BCUT2D eigenvalue weighted by molar-refractivity contribution is 6.24. The van der Waals surface area contributed by atoms with Gasteiger partial charge in [-0.1, -0.05) is 37.1 Å². The number of aliphatic carboxylic acids is 1. The number of rotatable bonds is 10. The normalized spacial score (nSPS) is 19.1. The molecule has 1 saturated carbocycles. The number of alkyl halides is 3. The van der Waals surface area contributed by atoms with Crippen molar-refractivity contribution >= 4 is 29.6 Å². The van der Waals surface area contributed by atoms with Gasteiger partial charge in [-0.3, -0.25) is 29.4 Å². The van der Waals surface area contributed by atoms with Crippen LogP contribution in [0.15, 0.2) is 42.5 Å². The zero-order valence-electron chi connectivity index (χ0n) is 27.0. The Morgan fingerprint density at radius 2 is 1.78 bits per heavy atom. The fourth-order valence-electron chi connectivity index (χ4n) is 6.59. The van der Waals surface area contributed by atoms with Crippen LogP contribution in [0.1, 0.15) is 76.7 Å². The highest BCUT2D eigenvalue weighted by atomic mass is 19.4. The van der Waals surface area contributed by atoms with Crippen LogP contribution in [0.25, 0.3) is 5.69 Å². The Kier molecular flexibility index (Phi) is 10.6. The van der Waals surface area contributed by atoms with Crippen molar-refractivity contribution in [3.05, 3.63) is 65.0 Å². The number of piperidine rings is 1. The largest absolute Gasteiger partial charge is 0.494 e. The van der Waals surface area contributed by atoms with Crippen LogP contribution in [0, 0.1) is 5.41 Å². The number of carboxylic acid groups (broad SMARTS) is 1. The number of nitrogens with one attached hydrogen (secondary N) is 2. The summed E-state index contributed by atoms with van der Waals surface area (Å²) in [6.07, 6.45) is -0.849. The van der Waals surface area contributed by atoms with E-state index in [1.54, 1.807) is 43.2 Å². The zero-order valence-corrected chi connectivity index (χ0v) is 27.0. The minimum Gasteiger partial charge on any atom is -0.494 e. The fraction of sp³-hybridized carbons (Fsp3) is 0.438. The molecule has 2 aromatic carbocycles. The zero-order chi connectivity index (χ0) is 36.2. The summed E-state index contributed by atoms with van der Waals surface area (Å²) in [5.74, 6) is -4.08. The predicted molar refractivity (Wildman–Crippen MR) is 165 cm³/mol. The highest BCUT2D eigenvalue weighted by Gasteiger charge is 2.47. The number of carbonyl (C=O) groups is 5. The third-order valence-corrected chi connectivity index (χ3v) is 8.91. The van der Waals surface area contributed by atoms with Crippen molar-refractivity contribution in [1.29, 1.82) is 0 Å². The molecule has 2 fully saturated rings. The van der Waals surface area contributed by atoms with E-state index in [-0.39, 0.29) is 29.4 Å². The molecule has 4 amide bonds. The average Bonchev–Trinajstić information content (AvgIpc) is 3.81. The lowest BCUT2D eigenvalue weighted by atomic mass is 9.86. The maximum absolute atomic E-state index is 14.0. The summed E-state index contributed by atoms with van der Waals surface area (Å²) < 4.78 is 44.5. The summed E-state index contributed by atoms with van der Waals surface area (Å²) in [6.45, 7) is 1.12. The molecule has 18 heteroatoms. The molecule has 1 saturated heterocycles. The van der Waals surface area contributed by atoms with Crippen LogP contribution in [-0.2, 0) is 19.1 Å². The second-order valence-corrected chi connectivity index (χ2v) is 12.1. The van der Waals surface area contributed by atoms with E-state index in [0.29, 0.717) is 36.0 Å². The number of aromatic nitrogens is 4. The fourth-order valence-corrected chi connectivity index (χ4v) is 6.59. The predicted octanol–water partition coefficient (Wildman–Crippen LogP) is 2.59. The van der Waals surface area contributed by atoms with Gasteiger partial charge in [-0.2, -0.15) is 17.9 Å². The van der Waals surface area contributed by atoms with Gasteiger partial charge in [0.25, 0.3) is 11.8 Å². The van der Waals surface area contributed by atoms with Crippen molar-refractivity contribution in [2.45, 2.75) is 56.8 Å². The number of hydrogen-bond donors (Lipinski definition) is 3. The SMILES string of the molecule is COCC1(CNC(c2cccc3c2C(=O)N(C2CCC(=O)NC2=O)C3=O)c2nnnn2-c2ccccc2OC)CCCC1.O=C(O)C(F)(F)F. The molecule has 6 rings (SSSR count). The van der Waals surface area contributed by atoms with E-state index in [1.807, 2.05) is 18.2 Å². The smallest absolute Gasteiger partial charge is 0.490 e. The van der Waals surface area contributed by atoms with E-state index >= 15 is 0 Å². The van der Waals surface area contributed by atoms with Gasteiger partial charge in [0.05, 0.1) is 30.9 Å². The van der Waals surface area contributed by atoms with E-state index in [0.717, 1.165) is 30.6 Å². The molecule has 3 aliphatic rings. The van der Waals surface area contributed by atoms with Crippen LogP contribution in [0.2, 0.25) is 0 Å². The number of hydrogen-bond acceptors (Lipinski definition) is 11. The van der Waals surface area contributed by atoms with Crippen LogP contribution in [-0.4, -0.2) is 99.4 Å². The van der Waals surface area contributed by atoms with Crippen molar-refractivity contribution in [2.75, 3.05) is 27.4 Å². The van der Waals surface area contributed by atoms with Gasteiger partial charge >= 0.3 is 12.1 Å². The molecule has 3 N–H and O–H groups in total. The number of benzene rings is 2. The van der Waals surface area contributed by atoms with Crippen molar-refractivity contribution < 1.29 is 51.7 Å². The second kappa shape index (κ2) is 14.7. The molecule has 15 nitrogen and oxygen atoms in total. The number of methoxy groups -OCH3 is 2. The number of imide groups is 2. The van der Waals surface area contributed by atoms with Crippen molar-refractivity contribution in [3.63, 3.8) is 0 Å². The Morgan fingerprint density at radius 1 is 1.08 bits per heavy atom. The van der Waals surface area contributed by atoms with Gasteiger partial charge in [-0.05, 0) is 53.5 Å². The molecule has 2 unspecified atom stereocenters. The second-order valence-electron chi connectivity index (χ2n) is 12.1. The number of amides is 4. The minimum absolute atomic E-state index is 0.0378. The number of carbonyl (C=O) groups excluding carboxylic acids is 4. The first-order valence-corrected chi connectivity index (χ1v) is 15.6. The molecule has 2 aliphatic heterocycles. The number of carboxylic acids is 1. The molecular formula is C32H34F3N7O8. The van der Waals surface area contributed by atoms with Crippen molar-refractivity contribution in [3.8, 4) is 11.4 Å². The van der Waals surface area contributed by atoms with E-state index in [9.17, 15) is 32.3 Å². The van der Waals surface area contributed by atoms with Crippen LogP contribution >= 0.6 is 0 Å². The molecule has 0 spiro atoms. The highest BCUT2D eigenvalue weighted by Crippen LogP contribution is 2.40. The topological polar surface area (TPSA) is 195 Å². The summed E-state index contributed by atoms with van der Waals surface area (Å²) in [6, 6.07) is 10.6. The number of nitrogens with zero attached hydrogens (tertiary/aromatic N) is 5. The Labute approximate surface area is 283 Å². The summed E-state index contributed by atoms with van der Waals surface area (Å²) in [7, 11) is 3.25. The molecule has 3 heterocycles. The van der Waals surface area contributed by atoms with Gasteiger partial charge in [0.1, 0.15) is 17.5 Å². The molecule has 3 aromatic rings. The lowest BCUT2D eigenvalue weighted by molar-refractivity contribution is -0.192. The lowest BCUT2D eigenvalue weighted by Crippen LogP contribution is -2.54. The third kappa shape index (κ3) is 7.20. The Morgan fingerprint density at radius 3 is 2.42 bits per heavy atom. The minimum atomic E-state index is -5.08. The van der Waals surface area contributed by atoms with Gasteiger partial charge < -0.3 is 19.9 Å². The summed E-state index contributed by atoms with van der Waals surface area (Å²) in [4.78, 5) is 62.0. The van der Waals surface area contributed by atoms with Gasteiger partial charge in [0.2, 0.25) is 11.8 Å². The van der Waals surface area contributed by atoms with Crippen LogP contribution in [0.3, 0.4) is 0 Å². The molecular weight excluding hydrogens is 667 g/mol. The van der Waals surface area contributed by atoms with Gasteiger partial charge in [0.15, 0.2) is 5.82 Å². The van der Waals surface area contributed by atoms with Crippen LogP contribution in [0.5, 0.6) is 5.75 Å². The Bertz CT molecular complexity index is 1790. The van der Waals surface area contributed by atoms with Crippen LogP contribution < -0.4 is 15.4 Å². The summed E-state index contributed by atoms with van der Waals surface area (Å²) in [5.41, 5.74) is 1.34. The maximum Gasteiger partial charge on any atom is 0.490 e. The standard InChI is InChI=1S/C30H33N7O6.C2HF3O2/c1-42-17-30(14-5-6-15-30)16-31-25(26-33-34-35-37(26)20-10-3-4-11-22(20)43-2)18-8-7-9-19-24(18)29(41)36(28(19)40)21-12-13-23(38)32-27(21)39;3-2(4,5)1(6)7/h3-4,7-11,21,25,31H,5-6,12-17H2,1-2H3,(H,32,38,39);(H,6,7). The van der Waals surface area contributed by atoms with Crippen molar-refractivity contribution in [2.24, 2.45) is 5.41 Å². The first kappa shape index (κ1) is 36.1. The Balaban J connectivity index is 0.000000630. The monoisotopic (exact) mass is 701 g/mol. The number of halogens is 3. The number of fused-ring (bicyclic) bond motifs is 1. The quantitative estimate of drug-likeness (QED) is 0.262. The molecule has 0 bridgehead atoms. The first-order valence-electron chi connectivity index (χ1n) is 15.6. The first-order chi connectivity index (χ1) is 23.8.